The van der Waals surface area contributed by atoms with Crippen molar-refractivity contribution in [1.29, 1.82) is 0 Å². The average Bonchev–Trinajstić information content (AvgIpc) is 2.31. The van der Waals surface area contributed by atoms with Crippen LogP contribution in [0.5, 0.6) is 0 Å². The van der Waals surface area contributed by atoms with Gasteiger partial charge in [0, 0.05) is 19.7 Å². The van der Waals surface area contributed by atoms with E-state index in [1.807, 2.05) is 20.0 Å². The first-order valence-electron chi connectivity index (χ1n) is 6.02. The number of rotatable bonds is 2. The van der Waals surface area contributed by atoms with Crippen molar-refractivity contribution < 1.29 is 4.74 Å². The first-order valence-corrected chi connectivity index (χ1v) is 6.02. The number of anilines is 2. The van der Waals surface area contributed by atoms with E-state index in [1.165, 1.54) is 0 Å². The van der Waals surface area contributed by atoms with Crippen LogP contribution < -0.4 is 10.2 Å². The molecule has 17 heavy (non-hydrogen) atoms. The van der Waals surface area contributed by atoms with Crippen LogP contribution in [0.2, 0.25) is 0 Å². The second-order valence-electron chi connectivity index (χ2n) is 4.55. The maximum Gasteiger partial charge on any atom is 0.134 e. The molecule has 1 fully saturated rings. The fourth-order valence-corrected chi connectivity index (χ4v) is 2.05. The Morgan fingerprint density at radius 1 is 1.41 bits per heavy atom. The van der Waals surface area contributed by atoms with Gasteiger partial charge in [0.25, 0.3) is 0 Å². The van der Waals surface area contributed by atoms with Crippen molar-refractivity contribution in [3.63, 3.8) is 0 Å². The van der Waals surface area contributed by atoms with E-state index in [9.17, 15) is 0 Å². The Bertz CT molecular complexity index is 396. The van der Waals surface area contributed by atoms with Crippen molar-refractivity contribution in [3.05, 3.63) is 11.9 Å². The number of nitrogens with one attached hydrogen (secondary N) is 1. The molecule has 1 aliphatic rings. The van der Waals surface area contributed by atoms with Crippen molar-refractivity contribution in [2.75, 3.05) is 30.4 Å². The molecular weight excluding hydrogens is 216 g/mol. The number of aromatic nitrogens is 2. The van der Waals surface area contributed by atoms with Gasteiger partial charge in [0.1, 0.15) is 17.5 Å². The van der Waals surface area contributed by atoms with Crippen LogP contribution in [0.25, 0.3) is 0 Å². The van der Waals surface area contributed by atoms with Crippen molar-refractivity contribution >= 4 is 11.6 Å². The fourth-order valence-electron chi connectivity index (χ4n) is 2.05. The average molecular weight is 236 g/mol. The predicted molar refractivity (Wildman–Crippen MR) is 68.5 cm³/mol. The molecule has 5 nitrogen and oxygen atoms in total. The number of morpholine rings is 1. The molecule has 0 saturated carbocycles. The van der Waals surface area contributed by atoms with Gasteiger partial charge in [-0.3, -0.25) is 0 Å². The highest BCUT2D eigenvalue weighted by molar-refractivity contribution is 5.50. The van der Waals surface area contributed by atoms with Crippen molar-refractivity contribution in [1.82, 2.24) is 9.97 Å². The van der Waals surface area contributed by atoms with Crippen LogP contribution >= 0.6 is 0 Å². The molecule has 1 aromatic heterocycles. The van der Waals surface area contributed by atoms with Gasteiger partial charge < -0.3 is 15.0 Å². The molecule has 1 saturated heterocycles. The van der Waals surface area contributed by atoms with E-state index in [-0.39, 0.29) is 6.10 Å². The molecule has 0 bridgehead atoms. The molecule has 2 rings (SSSR count). The van der Waals surface area contributed by atoms with Crippen molar-refractivity contribution in [2.24, 2.45) is 0 Å². The lowest BCUT2D eigenvalue weighted by atomic mass is 10.2. The Labute approximate surface area is 102 Å². The smallest absolute Gasteiger partial charge is 0.134 e. The summed E-state index contributed by atoms with van der Waals surface area (Å²) in [5, 5.41) is 3.06. The zero-order valence-corrected chi connectivity index (χ0v) is 10.9. The summed E-state index contributed by atoms with van der Waals surface area (Å²) in [4.78, 5) is 11.1. The maximum absolute atomic E-state index is 5.63. The van der Waals surface area contributed by atoms with Gasteiger partial charge in [-0.05, 0) is 20.8 Å². The first-order chi connectivity index (χ1) is 8.10. The summed E-state index contributed by atoms with van der Waals surface area (Å²) >= 11 is 0. The molecule has 1 aromatic rings. The quantitative estimate of drug-likeness (QED) is 0.842. The third-order valence-electron chi connectivity index (χ3n) is 2.98. The Kier molecular flexibility index (Phi) is 3.47. The third-order valence-corrected chi connectivity index (χ3v) is 2.98. The molecule has 94 valence electrons. The van der Waals surface area contributed by atoms with Crippen LogP contribution in [0.15, 0.2) is 6.07 Å². The maximum atomic E-state index is 5.63. The Balaban J connectivity index is 2.28. The number of ether oxygens (including phenoxy) is 1. The molecule has 1 aliphatic heterocycles. The molecule has 2 atom stereocenters. The van der Waals surface area contributed by atoms with Crippen LogP contribution in [0.1, 0.15) is 19.7 Å². The van der Waals surface area contributed by atoms with Crippen molar-refractivity contribution in [3.8, 4) is 0 Å². The second kappa shape index (κ2) is 4.87. The van der Waals surface area contributed by atoms with Crippen LogP contribution in [0.3, 0.4) is 0 Å². The van der Waals surface area contributed by atoms with Gasteiger partial charge in [0.15, 0.2) is 0 Å². The zero-order valence-electron chi connectivity index (χ0n) is 10.9. The van der Waals surface area contributed by atoms with Gasteiger partial charge in [-0.2, -0.15) is 0 Å². The monoisotopic (exact) mass is 236 g/mol. The van der Waals surface area contributed by atoms with Crippen LogP contribution in [-0.4, -0.2) is 42.3 Å². The SMILES string of the molecule is CNc1cc(N2CC(C)OCC2C)nc(C)n1. The normalized spacial score (nSPS) is 24.8. The second-order valence-corrected chi connectivity index (χ2v) is 4.55. The highest BCUT2D eigenvalue weighted by atomic mass is 16.5. The summed E-state index contributed by atoms with van der Waals surface area (Å²) in [6, 6.07) is 2.34. The Hall–Kier alpha value is -1.36. The number of hydrogen-bond acceptors (Lipinski definition) is 5. The van der Waals surface area contributed by atoms with Crippen LogP contribution in [-0.2, 0) is 4.74 Å². The van der Waals surface area contributed by atoms with E-state index in [1.54, 1.807) is 0 Å². The summed E-state index contributed by atoms with van der Waals surface area (Å²) in [7, 11) is 1.87. The highest BCUT2D eigenvalue weighted by Crippen LogP contribution is 2.21. The molecule has 0 amide bonds. The Morgan fingerprint density at radius 2 is 2.18 bits per heavy atom. The van der Waals surface area contributed by atoms with Gasteiger partial charge in [0.2, 0.25) is 0 Å². The highest BCUT2D eigenvalue weighted by Gasteiger charge is 2.24. The molecule has 1 N–H and O–H groups in total. The van der Waals surface area contributed by atoms with Crippen LogP contribution in [0.4, 0.5) is 11.6 Å². The van der Waals surface area contributed by atoms with E-state index in [0.717, 1.165) is 30.6 Å². The van der Waals surface area contributed by atoms with Crippen molar-refractivity contribution in [2.45, 2.75) is 32.9 Å². The van der Waals surface area contributed by atoms with Crippen LogP contribution in [0, 0.1) is 6.92 Å². The lowest BCUT2D eigenvalue weighted by Gasteiger charge is -2.37. The number of aryl methyl sites for hydroxylation is 1. The molecule has 2 heterocycles. The lowest BCUT2D eigenvalue weighted by Crippen LogP contribution is -2.47. The standard InChI is InChI=1S/C12H20N4O/c1-8-7-17-9(2)6-16(8)12-5-11(13-4)14-10(3)15-12/h5,8-9H,6-7H2,1-4H3,(H,13,14,15). The summed E-state index contributed by atoms with van der Waals surface area (Å²) < 4.78 is 5.63. The molecule has 5 heteroatoms. The van der Waals surface area contributed by atoms with Gasteiger partial charge in [-0.25, -0.2) is 9.97 Å². The van der Waals surface area contributed by atoms with Gasteiger partial charge in [0.05, 0.1) is 18.8 Å². The molecule has 2 unspecified atom stereocenters. The zero-order chi connectivity index (χ0) is 12.4. The Morgan fingerprint density at radius 3 is 2.88 bits per heavy atom. The van der Waals surface area contributed by atoms with E-state index in [2.05, 4.69) is 34.0 Å². The lowest BCUT2D eigenvalue weighted by molar-refractivity contribution is 0.0340. The summed E-state index contributed by atoms with van der Waals surface area (Å²) in [6.45, 7) is 7.78. The summed E-state index contributed by atoms with van der Waals surface area (Å²) in [5.41, 5.74) is 0. The summed E-state index contributed by atoms with van der Waals surface area (Å²) in [5.74, 6) is 2.63. The molecule has 0 aliphatic carbocycles. The summed E-state index contributed by atoms with van der Waals surface area (Å²) in [6.07, 6.45) is 0.250. The molecular formula is C12H20N4O. The largest absolute Gasteiger partial charge is 0.375 e. The van der Waals surface area contributed by atoms with E-state index < -0.39 is 0 Å². The first kappa shape index (κ1) is 12.1. The number of nitrogens with zero attached hydrogens (tertiary/aromatic N) is 3. The van der Waals surface area contributed by atoms with Gasteiger partial charge >= 0.3 is 0 Å². The minimum Gasteiger partial charge on any atom is -0.375 e. The van der Waals surface area contributed by atoms with Gasteiger partial charge in [-0.1, -0.05) is 0 Å². The van der Waals surface area contributed by atoms with E-state index in [4.69, 9.17) is 4.74 Å². The fraction of sp³-hybridized carbons (Fsp3) is 0.667. The third kappa shape index (κ3) is 2.66. The predicted octanol–water partition coefficient (Wildman–Crippen LogP) is 1.44. The minimum absolute atomic E-state index is 0.250. The van der Waals surface area contributed by atoms with E-state index in [0.29, 0.717) is 6.04 Å². The number of hydrogen-bond donors (Lipinski definition) is 1. The van der Waals surface area contributed by atoms with E-state index >= 15 is 0 Å². The minimum atomic E-state index is 0.250. The molecule has 0 spiro atoms. The topological polar surface area (TPSA) is 50.3 Å². The van der Waals surface area contributed by atoms with Gasteiger partial charge in [-0.15, -0.1) is 0 Å². The molecule has 0 aromatic carbocycles. The molecule has 0 radical (unpaired) electrons.